The molecule has 3 heterocycles. The standard InChI is InChI=1S/C24H31N3O6S/c1-4-20-24(29)26-19-11-15(2)22(13-21(19)33-20)34(30,31)27-9-5-7-17(14-27)23(28)25-16(3)12-18-8-6-10-32-18/h6,8,10-11,13,16-17,20H,4-5,7,9,12,14H2,1-3H3,(H,25,28)(H,26,29)/t16-,17+,20+/m1/s1. The summed E-state index contributed by atoms with van der Waals surface area (Å²) in [5, 5.41) is 5.77. The number of carbonyl (C=O) groups excluding carboxylic acids is 2. The summed E-state index contributed by atoms with van der Waals surface area (Å²) in [6.45, 7) is 5.88. The number of nitrogens with one attached hydrogen (secondary N) is 2. The number of hydrogen-bond acceptors (Lipinski definition) is 6. The van der Waals surface area contributed by atoms with E-state index in [-0.39, 0.29) is 29.3 Å². The Hall–Kier alpha value is -2.85. The molecule has 10 heteroatoms. The van der Waals surface area contributed by atoms with Crippen LogP contribution in [-0.2, 0) is 26.0 Å². The molecule has 2 N–H and O–H groups in total. The molecule has 0 bridgehead atoms. The molecule has 2 aliphatic rings. The topological polar surface area (TPSA) is 118 Å². The van der Waals surface area contributed by atoms with Crippen molar-refractivity contribution in [3.8, 4) is 5.75 Å². The SMILES string of the molecule is CC[C@@H]1Oc2cc(S(=O)(=O)N3CCC[C@H](C(=O)N[C@H](C)Cc4ccco4)C3)c(C)cc2NC1=O. The molecule has 0 radical (unpaired) electrons. The van der Waals surface area contributed by atoms with Gasteiger partial charge in [-0.05, 0) is 56.9 Å². The van der Waals surface area contributed by atoms with Gasteiger partial charge in [0.05, 0.1) is 22.8 Å². The number of piperidine rings is 1. The maximum Gasteiger partial charge on any atom is 0.265 e. The van der Waals surface area contributed by atoms with Gasteiger partial charge in [0.15, 0.2) is 6.10 Å². The highest BCUT2D eigenvalue weighted by atomic mass is 32.2. The Morgan fingerprint density at radius 2 is 2.15 bits per heavy atom. The van der Waals surface area contributed by atoms with Crippen LogP contribution in [0.4, 0.5) is 5.69 Å². The third-order valence-corrected chi connectivity index (χ3v) is 8.32. The first kappa shape index (κ1) is 24.3. The van der Waals surface area contributed by atoms with E-state index in [9.17, 15) is 18.0 Å². The smallest absolute Gasteiger partial charge is 0.265 e. The van der Waals surface area contributed by atoms with E-state index >= 15 is 0 Å². The molecule has 0 aliphatic carbocycles. The van der Waals surface area contributed by atoms with E-state index in [1.165, 1.54) is 10.4 Å². The van der Waals surface area contributed by atoms with Gasteiger partial charge < -0.3 is 19.8 Å². The zero-order valence-corrected chi connectivity index (χ0v) is 20.5. The third-order valence-electron chi connectivity index (χ3n) is 6.32. The van der Waals surface area contributed by atoms with Gasteiger partial charge >= 0.3 is 0 Å². The first-order valence-corrected chi connectivity index (χ1v) is 13.1. The first-order chi connectivity index (χ1) is 16.2. The van der Waals surface area contributed by atoms with E-state index in [4.69, 9.17) is 9.15 Å². The van der Waals surface area contributed by atoms with Crippen molar-refractivity contribution in [1.29, 1.82) is 0 Å². The third kappa shape index (κ3) is 4.97. The highest BCUT2D eigenvalue weighted by molar-refractivity contribution is 7.89. The number of sulfonamides is 1. The summed E-state index contributed by atoms with van der Waals surface area (Å²) in [5.74, 6) is 0.301. The summed E-state index contributed by atoms with van der Waals surface area (Å²) in [5.41, 5.74) is 0.976. The Bertz CT molecular complexity index is 1160. The summed E-state index contributed by atoms with van der Waals surface area (Å²) in [6.07, 6.45) is 3.20. The number of aryl methyl sites for hydroxylation is 1. The molecule has 2 aromatic rings. The zero-order chi connectivity index (χ0) is 24.5. The minimum atomic E-state index is -3.85. The fourth-order valence-electron chi connectivity index (χ4n) is 4.49. The monoisotopic (exact) mass is 489 g/mol. The fraction of sp³-hybridized carbons (Fsp3) is 0.500. The molecule has 4 rings (SSSR count). The van der Waals surface area contributed by atoms with Crippen molar-refractivity contribution < 1.29 is 27.2 Å². The van der Waals surface area contributed by atoms with Gasteiger partial charge in [-0.25, -0.2) is 8.42 Å². The van der Waals surface area contributed by atoms with Crippen LogP contribution in [0.15, 0.2) is 39.8 Å². The Balaban J connectivity index is 1.48. The predicted molar refractivity (Wildman–Crippen MR) is 126 cm³/mol. The van der Waals surface area contributed by atoms with Crippen molar-refractivity contribution in [2.45, 2.75) is 63.5 Å². The number of carbonyl (C=O) groups is 2. The number of nitrogens with zero attached hydrogens (tertiary/aromatic N) is 1. The Kier molecular flexibility index (Phi) is 6.99. The highest BCUT2D eigenvalue weighted by Gasteiger charge is 2.36. The number of anilines is 1. The quantitative estimate of drug-likeness (QED) is 0.618. The van der Waals surface area contributed by atoms with Gasteiger partial charge in [-0.2, -0.15) is 4.31 Å². The summed E-state index contributed by atoms with van der Waals surface area (Å²) in [4.78, 5) is 25.1. The Labute approximate surface area is 199 Å². The summed E-state index contributed by atoms with van der Waals surface area (Å²) >= 11 is 0. The molecule has 9 nitrogen and oxygen atoms in total. The maximum atomic E-state index is 13.6. The number of rotatable bonds is 7. The number of benzene rings is 1. The lowest BCUT2D eigenvalue weighted by Crippen LogP contribution is -2.47. The van der Waals surface area contributed by atoms with Crippen LogP contribution in [0, 0.1) is 12.8 Å². The molecular formula is C24H31N3O6S. The normalized spacial score (nSPS) is 21.8. The lowest BCUT2D eigenvalue weighted by atomic mass is 9.98. The molecule has 1 aromatic heterocycles. The van der Waals surface area contributed by atoms with Crippen LogP contribution >= 0.6 is 0 Å². The van der Waals surface area contributed by atoms with Crippen LogP contribution in [-0.4, -0.2) is 49.8 Å². The van der Waals surface area contributed by atoms with Gasteiger partial charge in [-0.1, -0.05) is 6.92 Å². The zero-order valence-electron chi connectivity index (χ0n) is 19.7. The summed E-state index contributed by atoms with van der Waals surface area (Å²) in [7, 11) is -3.85. The van der Waals surface area contributed by atoms with Crippen molar-refractivity contribution in [3.05, 3.63) is 41.9 Å². The van der Waals surface area contributed by atoms with Gasteiger partial charge in [0, 0.05) is 31.6 Å². The van der Waals surface area contributed by atoms with Gasteiger partial charge in [0.1, 0.15) is 11.5 Å². The van der Waals surface area contributed by atoms with Gasteiger partial charge in [0.2, 0.25) is 15.9 Å². The molecule has 0 unspecified atom stereocenters. The van der Waals surface area contributed by atoms with Crippen molar-refractivity contribution in [2.75, 3.05) is 18.4 Å². The first-order valence-electron chi connectivity index (χ1n) is 11.6. The average Bonchev–Trinajstić information content (AvgIpc) is 3.31. The minimum Gasteiger partial charge on any atom is -0.478 e. The van der Waals surface area contributed by atoms with Crippen LogP contribution in [0.2, 0.25) is 0 Å². The van der Waals surface area contributed by atoms with Gasteiger partial charge in [-0.3, -0.25) is 9.59 Å². The fourth-order valence-corrected chi connectivity index (χ4v) is 6.23. The lowest BCUT2D eigenvalue weighted by molar-refractivity contribution is -0.126. The molecule has 2 amide bonds. The highest BCUT2D eigenvalue weighted by Crippen LogP contribution is 2.36. The van der Waals surface area contributed by atoms with E-state index in [1.807, 2.05) is 19.9 Å². The van der Waals surface area contributed by atoms with E-state index in [0.717, 1.165) is 5.76 Å². The molecule has 3 atom stereocenters. The minimum absolute atomic E-state index is 0.118. The van der Waals surface area contributed by atoms with Crippen LogP contribution in [0.5, 0.6) is 5.75 Å². The van der Waals surface area contributed by atoms with Crippen molar-refractivity contribution in [2.24, 2.45) is 5.92 Å². The van der Waals surface area contributed by atoms with Crippen LogP contribution in [0.1, 0.15) is 44.4 Å². The molecule has 1 fully saturated rings. The summed E-state index contributed by atoms with van der Waals surface area (Å²) < 4.78 is 39.6. The second kappa shape index (κ2) is 9.79. The number of hydrogen-bond donors (Lipinski definition) is 2. The second-order valence-electron chi connectivity index (χ2n) is 9.01. The van der Waals surface area contributed by atoms with Gasteiger partial charge in [0.25, 0.3) is 5.91 Å². The molecule has 1 saturated heterocycles. The molecule has 1 aromatic carbocycles. The van der Waals surface area contributed by atoms with E-state index < -0.39 is 22.0 Å². The molecule has 34 heavy (non-hydrogen) atoms. The lowest BCUT2D eigenvalue weighted by Gasteiger charge is -2.33. The van der Waals surface area contributed by atoms with Crippen LogP contribution in [0.3, 0.4) is 0 Å². The number of amides is 2. The average molecular weight is 490 g/mol. The van der Waals surface area contributed by atoms with Crippen molar-refractivity contribution in [1.82, 2.24) is 9.62 Å². The number of ether oxygens (including phenoxy) is 1. The number of fused-ring (bicyclic) bond motifs is 1. The van der Waals surface area contributed by atoms with E-state index in [1.54, 1.807) is 25.3 Å². The van der Waals surface area contributed by atoms with Crippen molar-refractivity contribution >= 4 is 27.5 Å². The molecule has 2 aliphatic heterocycles. The van der Waals surface area contributed by atoms with Crippen molar-refractivity contribution in [3.63, 3.8) is 0 Å². The Morgan fingerprint density at radius 3 is 2.85 bits per heavy atom. The van der Waals surface area contributed by atoms with Gasteiger partial charge in [-0.15, -0.1) is 0 Å². The molecule has 0 saturated carbocycles. The predicted octanol–water partition coefficient (Wildman–Crippen LogP) is 2.85. The van der Waals surface area contributed by atoms with E-state index in [2.05, 4.69) is 10.6 Å². The van der Waals surface area contributed by atoms with E-state index in [0.29, 0.717) is 49.2 Å². The molecule has 184 valence electrons. The molecule has 0 spiro atoms. The Morgan fingerprint density at radius 1 is 1.35 bits per heavy atom. The maximum absolute atomic E-state index is 13.6. The number of furan rings is 1. The van der Waals surface area contributed by atoms with Crippen LogP contribution < -0.4 is 15.4 Å². The molecular weight excluding hydrogens is 458 g/mol. The largest absolute Gasteiger partial charge is 0.478 e. The summed E-state index contributed by atoms with van der Waals surface area (Å²) in [6, 6.07) is 6.63. The van der Waals surface area contributed by atoms with Crippen LogP contribution in [0.25, 0.3) is 0 Å². The second-order valence-corrected chi connectivity index (χ2v) is 10.9.